The van der Waals surface area contributed by atoms with Gasteiger partial charge in [-0.2, -0.15) is 0 Å². The fourth-order valence-electron chi connectivity index (χ4n) is 2.44. The number of rotatable bonds is 0. The fourth-order valence-corrected chi connectivity index (χ4v) is 2.84. The third-order valence-electron chi connectivity index (χ3n) is 3.82. The molecule has 0 aromatic carbocycles. The Labute approximate surface area is 136 Å². The summed E-state index contributed by atoms with van der Waals surface area (Å²) in [6.45, 7) is 11.6. The molecule has 20 heavy (non-hydrogen) atoms. The molecule has 0 aliphatic heterocycles. The largest absolute Gasteiger partial charge is 0.381 e. The van der Waals surface area contributed by atoms with Gasteiger partial charge in [0.05, 0.1) is 0 Å². The van der Waals surface area contributed by atoms with E-state index in [0.29, 0.717) is 5.57 Å². The van der Waals surface area contributed by atoms with Crippen molar-refractivity contribution in [2.45, 2.75) is 57.4 Å². The van der Waals surface area contributed by atoms with Crippen LogP contribution in [-0.4, -0.2) is 20.3 Å². The van der Waals surface area contributed by atoms with Gasteiger partial charge in [0.2, 0.25) is 3.79 Å². The standard InChI is InChI=1S/C15H23Cl3O2/c1-12(2,3)9-7-14(20,15(16,17)18)8-10(11(9)19)13(4,5)6/h7,10,20H,8H2,1-6H3/t10-,14+/m1/s1. The lowest BCUT2D eigenvalue weighted by molar-refractivity contribution is -0.127. The molecule has 0 amide bonds. The Balaban J connectivity index is 3.46. The number of allylic oxidation sites excluding steroid dienone is 1. The second kappa shape index (κ2) is 5.15. The van der Waals surface area contributed by atoms with E-state index in [9.17, 15) is 9.90 Å². The zero-order chi connectivity index (χ0) is 16.1. The van der Waals surface area contributed by atoms with Crippen LogP contribution in [0.5, 0.6) is 0 Å². The summed E-state index contributed by atoms with van der Waals surface area (Å²) >= 11 is 17.9. The van der Waals surface area contributed by atoms with Crippen molar-refractivity contribution in [1.82, 2.24) is 0 Å². The van der Waals surface area contributed by atoms with E-state index >= 15 is 0 Å². The molecule has 2 nitrogen and oxygen atoms in total. The minimum absolute atomic E-state index is 0.0314. The van der Waals surface area contributed by atoms with Gasteiger partial charge in [0, 0.05) is 5.92 Å². The quantitative estimate of drug-likeness (QED) is 0.649. The topological polar surface area (TPSA) is 37.3 Å². The number of carbonyl (C=O) groups is 1. The molecule has 0 bridgehead atoms. The number of ketones is 1. The fraction of sp³-hybridized carbons (Fsp3) is 0.800. The molecule has 0 aromatic heterocycles. The van der Waals surface area contributed by atoms with Gasteiger partial charge in [0.25, 0.3) is 0 Å². The van der Waals surface area contributed by atoms with Crippen molar-refractivity contribution in [1.29, 1.82) is 0 Å². The van der Waals surface area contributed by atoms with Gasteiger partial charge in [-0.3, -0.25) is 4.79 Å². The SMILES string of the molecule is CC(C)(C)C1=C[C@@](O)(C(Cl)(Cl)Cl)C[C@@H](C(C)(C)C)C1=O. The van der Waals surface area contributed by atoms with Crippen LogP contribution in [0.25, 0.3) is 0 Å². The van der Waals surface area contributed by atoms with Crippen LogP contribution in [0, 0.1) is 16.7 Å². The van der Waals surface area contributed by atoms with Crippen LogP contribution in [0.3, 0.4) is 0 Å². The van der Waals surface area contributed by atoms with E-state index in [1.54, 1.807) is 0 Å². The van der Waals surface area contributed by atoms with Gasteiger partial charge in [0.1, 0.15) is 5.60 Å². The summed E-state index contributed by atoms with van der Waals surface area (Å²) in [7, 11) is 0. The highest BCUT2D eigenvalue weighted by Crippen LogP contribution is 2.51. The number of Topliss-reactive ketones (excluding diaryl/α,β-unsaturated/α-hetero) is 1. The second-order valence-corrected chi connectivity index (χ2v) is 10.00. The van der Waals surface area contributed by atoms with E-state index in [-0.39, 0.29) is 23.5 Å². The highest BCUT2D eigenvalue weighted by Gasteiger charge is 2.54. The molecule has 0 radical (unpaired) electrons. The van der Waals surface area contributed by atoms with Crippen LogP contribution in [0.15, 0.2) is 11.6 Å². The van der Waals surface area contributed by atoms with Gasteiger partial charge in [-0.15, -0.1) is 0 Å². The monoisotopic (exact) mass is 340 g/mol. The third kappa shape index (κ3) is 3.52. The molecular weight excluding hydrogens is 319 g/mol. The lowest BCUT2D eigenvalue weighted by atomic mass is 9.64. The number of hydrogen-bond acceptors (Lipinski definition) is 2. The molecule has 1 rings (SSSR count). The van der Waals surface area contributed by atoms with Gasteiger partial charge < -0.3 is 5.11 Å². The van der Waals surface area contributed by atoms with E-state index in [4.69, 9.17) is 34.8 Å². The van der Waals surface area contributed by atoms with Crippen molar-refractivity contribution in [2.24, 2.45) is 16.7 Å². The maximum absolute atomic E-state index is 12.7. The minimum Gasteiger partial charge on any atom is -0.381 e. The number of hydrogen-bond donors (Lipinski definition) is 1. The molecule has 5 heteroatoms. The summed E-state index contributed by atoms with van der Waals surface area (Å²) in [5.41, 5.74) is -1.83. The molecule has 0 unspecified atom stereocenters. The van der Waals surface area contributed by atoms with Crippen molar-refractivity contribution in [2.75, 3.05) is 0 Å². The van der Waals surface area contributed by atoms with E-state index in [1.807, 2.05) is 41.5 Å². The van der Waals surface area contributed by atoms with Gasteiger partial charge in [-0.1, -0.05) is 76.3 Å². The average Bonchev–Trinajstić information content (AvgIpc) is 2.16. The van der Waals surface area contributed by atoms with Gasteiger partial charge in [0.15, 0.2) is 5.78 Å². The molecule has 0 saturated carbocycles. The number of carbonyl (C=O) groups excluding carboxylic acids is 1. The summed E-state index contributed by atoms with van der Waals surface area (Å²) < 4.78 is -1.87. The summed E-state index contributed by atoms with van der Waals surface area (Å²) in [5.74, 6) is -0.355. The molecule has 0 fully saturated rings. The maximum atomic E-state index is 12.7. The summed E-state index contributed by atoms with van der Waals surface area (Å²) in [6, 6.07) is 0. The predicted molar refractivity (Wildman–Crippen MR) is 85.3 cm³/mol. The summed E-state index contributed by atoms with van der Waals surface area (Å²) in [5, 5.41) is 10.8. The zero-order valence-corrected chi connectivity index (χ0v) is 15.1. The third-order valence-corrected chi connectivity index (χ3v) is 4.81. The van der Waals surface area contributed by atoms with E-state index < -0.39 is 14.8 Å². The Hall–Kier alpha value is 0.240. The summed E-state index contributed by atoms with van der Waals surface area (Å²) in [6.07, 6.45) is 1.57. The van der Waals surface area contributed by atoms with Crippen molar-refractivity contribution < 1.29 is 9.90 Å². The maximum Gasteiger partial charge on any atom is 0.222 e. The normalized spacial score (nSPS) is 29.4. The van der Waals surface area contributed by atoms with Crippen LogP contribution >= 0.6 is 34.8 Å². The Morgan fingerprint density at radius 3 is 1.90 bits per heavy atom. The Bertz CT molecular complexity index is 436. The first-order valence-electron chi connectivity index (χ1n) is 6.66. The highest BCUT2D eigenvalue weighted by atomic mass is 35.6. The molecule has 1 aliphatic carbocycles. The molecule has 0 heterocycles. The molecule has 0 spiro atoms. The number of halogens is 3. The number of aliphatic hydroxyl groups is 1. The lowest BCUT2D eigenvalue weighted by Gasteiger charge is -2.45. The molecule has 2 atom stereocenters. The van der Waals surface area contributed by atoms with E-state index in [1.165, 1.54) is 6.08 Å². The number of alkyl halides is 3. The van der Waals surface area contributed by atoms with Crippen LogP contribution in [-0.2, 0) is 4.79 Å². The first kappa shape index (κ1) is 18.3. The van der Waals surface area contributed by atoms with Gasteiger partial charge >= 0.3 is 0 Å². The van der Waals surface area contributed by atoms with Gasteiger partial charge in [-0.25, -0.2) is 0 Å². The van der Waals surface area contributed by atoms with Gasteiger partial charge in [-0.05, 0) is 28.9 Å². The van der Waals surface area contributed by atoms with Crippen LogP contribution in [0.1, 0.15) is 48.0 Å². The molecule has 1 aliphatic rings. The first-order valence-corrected chi connectivity index (χ1v) is 7.80. The van der Waals surface area contributed by atoms with E-state index in [2.05, 4.69) is 0 Å². The molecular formula is C15H23Cl3O2. The van der Waals surface area contributed by atoms with Crippen molar-refractivity contribution in [3.63, 3.8) is 0 Å². The van der Waals surface area contributed by atoms with Crippen molar-refractivity contribution >= 4 is 40.6 Å². The molecule has 0 aromatic rings. The Morgan fingerprint density at radius 1 is 1.15 bits per heavy atom. The molecule has 1 N–H and O–H groups in total. The highest BCUT2D eigenvalue weighted by molar-refractivity contribution is 6.68. The predicted octanol–water partition coefficient (Wildman–Crippen LogP) is 4.70. The van der Waals surface area contributed by atoms with Crippen molar-refractivity contribution in [3.05, 3.63) is 11.6 Å². The average molecular weight is 342 g/mol. The Kier molecular flexibility index (Phi) is 4.71. The lowest BCUT2D eigenvalue weighted by Crippen LogP contribution is -2.51. The first-order chi connectivity index (χ1) is 8.59. The van der Waals surface area contributed by atoms with Crippen LogP contribution in [0.4, 0.5) is 0 Å². The van der Waals surface area contributed by atoms with Crippen molar-refractivity contribution in [3.8, 4) is 0 Å². The van der Waals surface area contributed by atoms with Crippen LogP contribution in [0.2, 0.25) is 0 Å². The molecule has 0 saturated heterocycles. The van der Waals surface area contributed by atoms with E-state index in [0.717, 1.165) is 0 Å². The minimum atomic E-state index is -1.87. The smallest absolute Gasteiger partial charge is 0.222 e. The summed E-state index contributed by atoms with van der Waals surface area (Å²) in [4.78, 5) is 12.7. The molecule has 116 valence electrons. The zero-order valence-electron chi connectivity index (χ0n) is 12.9. The second-order valence-electron chi connectivity index (χ2n) is 7.72. The Morgan fingerprint density at radius 2 is 1.60 bits per heavy atom. The van der Waals surface area contributed by atoms with Crippen LogP contribution < -0.4 is 0 Å².